The summed E-state index contributed by atoms with van der Waals surface area (Å²) in [5.41, 5.74) is -1.29. The number of carbonyl (C=O) groups excluding carboxylic acids is 3. The number of thiophene rings is 1. The molecule has 0 spiro atoms. The average Bonchev–Trinajstić information content (AvgIpc) is 3.31. The summed E-state index contributed by atoms with van der Waals surface area (Å²) in [5, 5.41) is 16.6. The predicted octanol–water partition coefficient (Wildman–Crippen LogP) is 2.67. The molecule has 1 aliphatic rings. The maximum absolute atomic E-state index is 13.7. The van der Waals surface area contributed by atoms with Gasteiger partial charge in [0.25, 0.3) is 17.7 Å². The number of alkyl halides is 3. The molecule has 0 radical (unpaired) electrons. The number of aromatic hydroxyl groups is 1. The van der Waals surface area contributed by atoms with E-state index in [4.69, 9.17) is 0 Å². The Bertz CT molecular complexity index is 1100. The minimum atomic E-state index is -4.76. The molecule has 12 heteroatoms. The zero-order valence-corrected chi connectivity index (χ0v) is 18.0. The fourth-order valence-electron chi connectivity index (χ4n) is 3.00. The fraction of sp³-hybridized carbons (Fsp3) is 0.250. The third-order valence-electron chi connectivity index (χ3n) is 4.66. The number of amides is 3. The van der Waals surface area contributed by atoms with Crippen LogP contribution in [0.1, 0.15) is 21.3 Å². The number of halogens is 3. The Kier molecular flexibility index (Phi) is 6.17. The summed E-state index contributed by atoms with van der Waals surface area (Å²) in [4.78, 5) is 39.2. The van der Waals surface area contributed by atoms with Gasteiger partial charge < -0.3 is 20.6 Å². The first-order valence-electron chi connectivity index (χ1n) is 9.17. The number of hydrogen-bond donors (Lipinski definition) is 3. The van der Waals surface area contributed by atoms with E-state index in [0.29, 0.717) is 4.90 Å². The van der Waals surface area contributed by atoms with Gasteiger partial charge in [-0.05, 0) is 23.6 Å². The molecule has 2 aromatic rings. The van der Waals surface area contributed by atoms with Crippen molar-refractivity contribution in [2.75, 3.05) is 26.5 Å². The molecule has 0 saturated heterocycles. The molecule has 0 bridgehead atoms. The van der Waals surface area contributed by atoms with Crippen LogP contribution in [0.4, 0.5) is 18.9 Å². The molecule has 2 heterocycles. The lowest BCUT2D eigenvalue weighted by atomic mass is 10.1. The summed E-state index contributed by atoms with van der Waals surface area (Å²) < 4.78 is 41.1. The molecule has 1 aliphatic heterocycles. The monoisotopic (exact) mass is 468 g/mol. The van der Waals surface area contributed by atoms with Gasteiger partial charge in [0.1, 0.15) is 11.4 Å². The molecule has 1 aromatic carbocycles. The van der Waals surface area contributed by atoms with E-state index in [1.165, 1.54) is 54.7 Å². The Hall–Kier alpha value is -3.54. The summed E-state index contributed by atoms with van der Waals surface area (Å²) >= 11 is 0.842. The second-order valence-electron chi connectivity index (χ2n) is 7.08. The van der Waals surface area contributed by atoms with Gasteiger partial charge in [-0.3, -0.25) is 19.3 Å². The number of rotatable bonds is 6. The highest BCUT2D eigenvalue weighted by Crippen LogP contribution is 2.37. The highest BCUT2D eigenvalue weighted by Gasteiger charge is 2.46. The van der Waals surface area contributed by atoms with Crippen molar-refractivity contribution in [2.24, 2.45) is 0 Å². The molecule has 0 aliphatic carbocycles. The van der Waals surface area contributed by atoms with Crippen molar-refractivity contribution >= 4 is 34.7 Å². The lowest BCUT2D eigenvalue weighted by Gasteiger charge is -2.22. The average molecular weight is 468 g/mol. The number of anilines is 1. The van der Waals surface area contributed by atoms with Gasteiger partial charge in [-0.15, -0.1) is 11.3 Å². The summed E-state index contributed by atoms with van der Waals surface area (Å²) in [5.74, 6) is -2.91. The van der Waals surface area contributed by atoms with Crippen molar-refractivity contribution in [2.45, 2.75) is 12.2 Å². The topological polar surface area (TPSA) is 102 Å². The van der Waals surface area contributed by atoms with Crippen LogP contribution in [-0.4, -0.2) is 59.9 Å². The minimum absolute atomic E-state index is 0.0908. The molecular formula is C20H19F3N4O4S. The van der Waals surface area contributed by atoms with Crippen LogP contribution in [0.3, 0.4) is 0 Å². The fourth-order valence-corrected chi connectivity index (χ4v) is 3.80. The van der Waals surface area contributed by atoms with Crippen molar-refractivity contribution in [3.05, 3.63) is 57.5 Å². The minimum Gasteiger partial charge on any atom is -0.505 e. The number of phenolic OH excluding ortho intramolecular Hbond substituents is 1. The van der Waals surface area contributed by atoms with Crippen LogP contribution in [0.25, 0.3) is 0 Å². The summed E-state index contributed by atoms with van der Waals surface area (Å²) in [6.07, 6.45) is -4.76. The number of hydrogen-bond acceptors (Lipinski definition) is 7. The van der Waals surface area contributed by atoms with E-state index >= 15 is 0 Å². The van der Waals surface area contributed by atoms with E-state index in [9.17, 15) is 32.7 Å². The maximum atomic E-state index is 13.7. The lowest BCUT2D eigenvalue weighted by Crippen LogP contribution is -2.37. The molecule has 0 unspecified atom stereocenters. The Labute approximate surface area is 184 Å². The van der Waals surface area contributed by atoms with Gasteiger partial charge in [0.2, 0.25) is 0 Å². The SMILES string of the molecule is CN(C)C(=O)c1cccc(NC2=C(N[C@@H](c3cccs3)C(F)(F)F)C(=O)N(C)C2=O)c1O. The van der Waals surface area contributed by atoms with Crippen LogP contribution in [0.15, 0.2) is 47.1 Å². The molecule has 1 atom stereocenters. The van der Waals surface area contributed by atoms with E-state index in [-0.39, 0.29) is 16.1 Å². The molecule has 3 amide bonds. The molecule has 8 nitrogen and oxygen atoms in total. The van der Waals surface area contributed by atoms with Crippen molar-refractivity contribution in [1.29, 1.82) is 0 Å². The van der Waals surface area contributed by atoms with Crippen LogP contribution in [0.5, 0.6) is 5.75 Å². The highest BCUT2D eigenvalue weighted by molar-refractivity contribution is 7.10. The molecule has 1 aromatic heterocycles. The van der Waals surface area contributed by atoms with Gasteiger partial charge in [0.05, 0.1) is 11.3 Å². The van der Waals surface area contributed by atoms with E-state index in [1.54, 1.807) is 0 Å². The van der Waals surface area contributed by atoms with Crippen LogP contribution < -0.4 is 10.6 Å². The number of nitrogens with zero attached hydrogens (tertiary/aromatic N) is 2. The smallest absolute Gasteiger partial charge is 0.413 e. The number of carbonyl (C=O) groups is 3. The third-order valence-corrected chi connectivity index (χ3v) is 5.60. The van der Waals surface area contributed by atoms with Crippen molar-refractivity contribution in [1.82, 2.24) is 15.1 Å². The number of likely N-dealkylation sites (N-methyl/N-ethyl adjacent to an activating group) is 1. The standard InChI is InChI=1S/C20H19F3N4O4S/c1-26(2)17(29)10-6-4-7-11(15(10)28)24-13-14(19(31)27(3)18(13)30)25-16(20(21,22)23)12-8-5-9-32-12/h4-9,16,24-25,28H,1-3H3/t16-/m0/s1. The summed E-state index contributed by atoms with van der Waals surface area (Å²) in [6.45, 7) is 0. The zero-order chi connectivity index (χ0) is 23.8. The molecule has 3 N–H and O–H groups in total. The first-order chi connectivity index (χ1) is 14.9. The van der Waals surface area contributed by atoms with E-state index < -0.39 is 47.1 Å². The summed E-state index contributed by atoms with van der Waals surface area (Å²) in [6, 6.07) is 4.56. The Morgan fingerprint density at radius 1 is 1.12 bits per heavy atom. The lowest BCUT2D eigenvalue weighted by molar-refractivity contribution is -0.155. The van der Waals surface area contributed by atoms with Gasteiger partial charge in [0.15, 0.2) is 11.8 Å². The van der Waals surface area contributed by atoms with Crippen LogP contribution in [0.2, 0.25) is 0 Å². The molecule has 0 fully saturated rings. The second-order valence-corrected chi connectivity index (χ2v) is 8.06. The third kappa shape index (κ3) is 4.26. The van der Waals surface area contributed by atoms with Crippen LogP contribution in [0, 0.1) is 0 Å². The molecular weight excluding hydrogens is 449 g/mol. The van der Waals surface area contributed by atoms with Crippen LogP contribution in [-0.2, 0) is 9.59 Å². The Morgan fingerprint density at radius 2 is 1.78 bits per heavy atom. The molecule has 0 saturated carbocycles. The van der Waals surface area contributed by atoms with Crippen LogP contribution >= 0.6 is 11.3 Å². The number of imide groups is 1. The molecule has 32 heavy (non-hydrogen) atoms. The van der Waals surface area contributed by atoms with Crippen molar-refractivity contribution in [3.63, 3.8) is 0 Å². The highest BCUT2D eigenvalue weighted by atomic mass is 32.1. The van der Waals surface area contributed by atoms with Gasteiger partial charge in [-0.2, -0.15) is 13.2 Å². The number of para-hydroxylation sites is 1. The largest absolute Gasteiger partial charge is 0.505 e. The Morgan fingerprint density at radius 3 is 2.34 bits per heavy atom. The summed E-state index contributed by atoms with van der Waals surface area (Å²) in [7, 11) is 4.07. The molecule has 170 valence electrons. The van der Waals surface area contributed by atoms with Crippen molar-refractivity contribution < 1.29 is 32.7 Å². The number of phenols is 1. The molecule has 3 rings (SSSR count). The first kappa shape index (κ1) is 23.1. The van der Waals surface area contributed by atoms with Crippen molar-refractivity contribution in [3.8, 4) is 5.75 Å². The maximum Gasteiger partial charge on any atom is 0.413 e. The van der Waals surface area contributed by atoms with Gasteiger partial charge in [-0.1, -0.05) is 12.1 Å². The first-order valence-corrected chi connectivity index (χ1v) is 10.1. The van der Waals surface area contributed by atoms with E-state index in [1.807, 2.05) is 0 Å². The predicted molar refractivity (Wildman–Crippen MR) is 111 cm³/mol. The van der Waals surface area contributed by atoms with Gasteiger partial charge in [-0.25, -0.2) is 0 Å². The normalized spacial score (nSPS) is 15.2. The number of nitrogens with one attached hydrogen (secondary N) is 2. The zero-order valence-electron chi connectivity index (χ0n) is 17.1. The Balaban J connectivity index is 2.04. The van der Waals surface area contributed by atoms with E-state index in [0.717, 1.165) is 18.4 Å². The second kappa shape index (κ2) is 8.54. The number of benzene rings is 1. The quantitative estimate of drug-likeness (QED) is 0.445. The van der Waals surface area contributed by atoms with Gasteiger partial charge >= 0.3 is 6.18 Å². The van der Waals surface area contributed by atoms with Gasteiger partial charge in [0, 0.05) is 26.0 Å². The van der Waals surface area contributed by atoms with E-state index in [2.05, 4.69) is 10.6 Å².